The molecule has 26 heavy (non-hydrogen) atoms. The summed E-state index contributed by atoms with van der Waals surface area (Å²) in [6.45, 7) is 3.05. The second-order valence-corrected chi connectivity index (χ2v) is 8.21. The minimum absolute atomic E-state index is 0.0318. The summed E-state index contributed by atoms with van der Waals surface area (Å²) in [5.41, 5.74) is 0. The molecule has 2 atom stereocenters. The minimum atomic E-state index is -0.0938. The Morgan fingerprint density at radius 1 is 1.04 bits per heavy atom. The van der Waals surface area contributed by atoms with E-state index >= 15 is 0 Å². The average molecular weight is 359 g/mol. The Bertz CT molecular complexity index is 661. The van der Waals surface area contributed by atoms with Crippen LogP contribution in [0.4, 0.5) is 0 Å². The normalized spacial score (nSPS) is 27.3. The molecule has 2 aliphatic carbocycles. The van der Waals surface area contributed by atoms with E-state index in [1.807, 2.05) is 11.8 Å². The van der Waals surface area contributed by atoms with Crippen molar-refractivity contribution in [2.75, 3.05) is 13.1 Å². The summed E-state index contributed by atoms with van der Waals surface area (Å²) >= 11 is 0. The fourth-order valence-corrected chi connectivity index (χ4v) is 4.84. The van der Waals surface area contributed by atoms with Gasteiger partial charge in [-0.25, -0.2) is 4.98 Å². The van der Waals surface area contributed by atoms with E-state index in [0.29, 0.717) is 18.9 Å². The van der Waals surface area contributed by atoms with Crippen molar-refractivity contribution in [3.63, 3.8) is 0 Å². The number of aromatic nitrogens is 3. The Labute approximate surface area is 154 Å². The van der Waals surface area contributed by atoms with Crippen LogP contribution in [-0.2, 0) is 9.59 Å². The Kier molecular flexibility index (Phi) is 4.96. The summed E-state index contributed by atoms with van der Waals surface area (Å²) in [4.78, 5) is 32.0. The maximum atomic E-state index is 12.9. The summed E-state index contributed by atoms with van der Waals surface area (Å²) < 4.78 is 0. The molecule has 1 aromatic rings. The molecule has 2 saturated carbocycles. The number of aromatic amines is 1. The van der Waals surface area contributed by atoms with Crippen molar-refractivity contribution in [2.45, 2.75) is 70.3 Å². The van der Waals surface area contributed by atoms with Crippen molar-refractivity contribution in [1.82, 2.24) is 25.4 Å². The molecular formula is C19H29N5O2. The van der Waals surface area contributed by atoms with Gasteiger partial charge in [-0.2, -0.15) is 5.10 Å². The van der Waals surface area contributed by atoms with E-state index in [-0.39, 0.29) is 35.6 Å². The number of nitrogens with zero attached hydrogens (tertiary/aromatic N) is 3. The summed E-state index contributed by atoms with van der Waals surface area (Å²) in [6, 6.07) is -0.0938. The summed E-state index contributed by atoms with van der Waals surface area (Å²) in [5, 5.41) is 10.4. The number of nitrogens with one attached hydrogen (secondary N) is 2. The molecule has 2 amide bonds. The lowest BCUT2D eigenvalue weighted by Gasteiger charge is -2.21. The van der Waals surface area contributed by atoms with Crippen LogP contribution >= 0.6 is 0 Å². The first kappa shape index (κ1) is 17.5. The molecule has 2 N–H and O–H groups in total. The first-order valence-electron chi connectivity index (χ1n) is 10.1. The number of carbonyl (C=O) groups is 2. The molecule has 7 nitrogen and oxygen atoms in total. The van der Waals surface area contributed by atoms with Crippen molar-refractivity contribution < 1.29 is 9.59 Å². The molecule has 142 valence electrons. The van der Waals surface area contributed by atoms with Crippen LogP contribution in [0.5, 0.6) is 0 Å². The van der Waals surface area contributed by atoms with Gasteiger partial charge in [-0.05, 0) is 32.6 Å². The zero-order valence-electron chi connectivity index (χ0n) is 15.5. The molecule has 3 fully saturated rings. The first-order chi connectivity index (χ1) is 12.6. The molecule has 0 aromatic carbocycles. The van der Waals surface area contributed by atoms with Crippen LogP contribution in [0.15, 0.2) is 0 Å². The zero-order valence-corrected chi connectivity index (χ0v) is 15.5. The van der Waals surface area contributed by atoms with Crippen LogP contribution in [0, 0.1) is 18.8 Å². The fourth-order valence-electron chi connectivity index (χ4n) is 4.84. The molecule has 1 saturated heterocycles. The van der Waals surface area contributed by atoms with Gasteiger partial charge in [0, 0.05) is 24.9 Å². The number of hydrogen-bond donors (Lipinski definition) is 2. The quantitative estimate of drug-likeness (QED) is 0.859. The molecule has 2 heterocycles. The largest absolute Gasteiger partial charge is 0.351 e. The van der Waals surface area contributed by atoms with E-state index in [9.17, 15) is 9.59 Å². The summed E-state index contributed by atoms with van der Waals surface area (Å²) in [6.07, 6.45) is 8.53. The number of amides is 2. The predicted octanol–water partition coefficient (Wildman–Crippen LogP) is 1.90. The highest BCUT2D eigenvalue weighted by molar-refractivity contribution is 5.81. The highest BCUT2D eigenvalue weighted by Crippen LogP contribution is 2.32. The molecule has 0 unspecified atom stereocenters. The SMILES string of the molecule is Cc1nc([C@@H]2CN(C(=O)C3CCCC3)C[C@H]2NC(=O)C2CCCC2)n[nH]1. The van der Waals surface area contributed by atoms with Crippen molar-refractivity contribution in [3.05, 3.63) is 11.6 Å². The summed E-state index contributed by atoms with van der Waals surface area (Å²) in [7, 11) is 0. The number of rotatable bonds is 4. The molecule has 4 rings (SSSR count). The van der Waals surface area contributed by atoms with Gasteiger partial charge >= 0.3 is 0 Å². The Morgan fingerprint density at radius 3 is 2.31 bits per heavy atom. The highest BCUT2D eigenvalue weighted by atomic mass is 16.2. The molecule has 1 aromatic heterocycles. The van der Waals surface area contributed by atoms with Gasteiger partial charge in [-0.15, -0.1) is 0 Å². The fraction of sp³-hybridized carbons (Fsp3) is 0.789. The minimum Gasteiger partial charge on any atom is -0.351 e. The first-order valence-corrected chi connectivity index (χ1v) is 10.1. The van der Waals surface area contributed by atoms with Gasteiger partial charge in [0.15, 0.2) is 5.82 Å². The van der Waals surface area contributed by atoms with E-state index < -0.39 is 0 Å². The van der Waals surface area contributed by atoms with Gasteiger partial charge in [0.25, 0.3) is 0 Å². The Morgan fingerprint density at radius 2 is 1.69 bits per heavy atom. The lowest BCUT2D eigenvalue weighted by molar-refractivity contribution is -0.134. The topological polar surface area (TPSA) is 91.0 Å². The number of likely N-dealkylation sites (tertiary alicyclic amines) is 1. The van der Waals surface area contributed by atoms with Crippen LogP contribution in [0.3, 0.4) is 0 Å². The number of H-pyrrole nitrogens is 1. The lowest BCUT2D eigenvalue weighted by Crippen LogP contribution is -2.43. The van der Waals surface area contributed by atoms with E-state index in [2.05, 4.69) is 20.5 Å². The lowest BCUT2D eigenvalue weighted by atomic mass is 10.0. The predicted molar refractivity (Wildman–Crippen MR) is 96.3 cm³/mol. The molecule has 3 aliphatic rings. The van der Waals surface area contributed by atoms with Crippen LogP contribution in [0.25, 0.3) is 0 Å². The van der Waals surface area contributed by atoms with Crippen LogP contribution in [0.1, 0.15) is 68.9 Å². The Hall–Kier alpha value is -1.92. The van der Waals surface area contributed by atoms with Crippen LogP contribution < -0.4 is 5.32 Å². The number of aryl methyl sites for hydroxylation is 1. The molecule has 0 spiro atoms. The van der Waals surface area contributed by atoms with Gasteiger partial charge < -0.3 is 10.2 Å². The zero-order chi connectivity index (χ0) is 18.1. The number of carbonyl (C=O) groups excluding carboxylic acids is 2. The van der Waals surface area contributed by atoms with E-state index in [1.54, 1.807) is 0 Å². The maximum Gasteiger partial charge on any atom is 0.225 e. The van der Waals surface area contributed by atoms with Gasteiger partial charge in [0.05, 0.1) is 12.0 Å². The monoisotopic (exact) mass is 359 g/mol. The Balaban J connectivity index is 1.48. The maximum absolute atomic E-state index is 12.9. The van der Waals surface area contributed by atoms with Crippen LogP contribution in [0.2, 0.25) is 0 Å². The molecule has 0 radical (unpaired) electrons. The van der Waals surface area contributed by atoms with Gasteiger partial charge in [-0.3, -0.25) is 14.7 Å². The van der Waals surface area contributed by atoms with Crippen molar-refractivity contribution in [2.24, 2.45) is 11.8 Å². The second-order valence-electron chi connectivity index (χ2n) is 8.21. The summed E-state index contributed by atoms with van der Waals surface area (Å²) in [5.74, 6) is 2.12. The third-order valence-corrected chi connectivity index (χ3v) is 6.34. The van der Waals surface area contributed by atoms with E-state index in [0.717, 1.165) is 57.2 Å². The van der Waals surface area contributed by atoms with Gasteiger partial charge in [-0.1, -0.05) is 25.7 Å². The standard InChI is InChI=1S/C19H29N5O2/c1-12-20-17(23-22-12)15-10-24(19(26)14-8-4-5-9-14)11-16(15)21-18(25)13-6-2-3-7-13/h13-16H,2-11H2,1H3,(H,21,25)(H,20,22,23)/t15-,16-/m1/s1. The average Bonchev–Trinajstić information content (AvgIpc) is 3.40. The number of hydrogen-bond acceptors (Lipinski definition) is 4. The third kappa shape index (κ3) is 3.48. The van der Waals surface area contributed by atoms with Gasteiger partial charge in [0.2, 0.25) is 11.8 Å². The third-order valence-electron chi connectivity index (χ3n) is 6.34. The van der Waals surface area contributed by atoms with Crippen LogP contribution in [-0.4, -0.2) is 51.0 Å². The highest BCUT2D eigenvalue weighted by Gasteiger charge is 2.42. The molecule has 7 heteroatoms. The van der Waals surface area contributed by atoms with E-state index in [1.165, 1.54) is 0 Å². The molecule has 1 aliphatic heterocycles. The molecular weight excluding hydrogens is 330 g/mol. The van der Waals surface area contributed by atoms with E-state index in [4.69, 9.17) is 0 Å². The second kappa shape index (κ2) is 7.37. The smallest absolute Gasteiger partial charge is 0.225 e. The van der Waals surface area contributed by atoms with Crippen molar-refractivity contribution >= 4 is 11.8 Å². The van der Waals surface area contributed by atoms with Crippen molar-refractivity contribution in [1.29, 1.82) is 0 Å². The van der Waals surface area contributed by atoms with Crippen molar-refractivity contribution in [3.8, 4) is 0 Å². The molecule has 0 bridgehead atoms. The van der Waals surface area contributed by atoms with Gasteiger partial charge in [0.1, 0.15) is 5.82 Å².